The van der Waals surface area contributed by atoms with Crippen LogP contribution in [0, 0.1) is 5.82 Å². The van der Waals surface area contributed by atoms with Crippen molar-refractivity contribution in [1.82, 2.24) is 15.3 Å². The SMILES string of the molecule is COc1c(F)cccc1Nc1c(-c2ccnc3c2O[C@H]([C@@H]2CC(F)(F)CO2)CN3)[nH]c2c1C(=O)NCC2. The van der Waals surface area contributed by atoms with E-state index < -0.39 is 37.0 Å². The summed E-state index contributed by atoms with van der Waals surface area (Å²) in [6.45, 7) is 0.0576. The van der Waals surface area contributed by atoms with E-state index in [0.717, 1.165) is 0 Å². The molecule has 2 aromatic heterocycles. The third kappa shape index (κ3) is 4.10. The predicted octanol–water partition coefficient (Wildman–Crippen LogP) is 3.85. The van der Waals surface area contributed by atoms with Crippen LogP contribution >= 0.6 is 0 Å². The van der Waals surface area contributed by atoms with Gasteiger partial charge in [-0.2, -0.15) is 0 Å². The van der Waals surface area contributed by atoms with Gasteiger partial charge in [0.25, 0.3) is 11.8 Å². The molecule has 3 aliphatic heterocycles. The van der Waals surface area contributed by atoms with Crippen LogP contribution in [0.3, 0.4) is 0 Å². The van der Waals surface area contributed by atoms with Crippen LogP contribution in [0.25, 0.3) is 11.3 Å². The zero-order chi connectivity index (χ0) is 25.7. The van der Waals surface area contributed by atoms with Crippen LogP contribution in [0.4, 0.5) is 30.4 Å². The number of alkyl halides is 2. The highest BCUT2D eigenvalue weighted by molar-refractivity contribution is 6.07. The van der Waals surface area contributed by atoms with E-state index in [2.05, 4.69) is 25.9 Å². The fraction of sp³-hybridized carbons (Fsp3) is 0.360. The lowest BCUT2D eigenvalue weighted by molar-refractivity contribution is -0.0178. The molecule has 0 aliphatic carbocycles. The minimum absolute atomic E-state index is 0.00586. The van der Waals surface area contributed by atoms with E-state index in [4.69, 9.17) is 14.2 Å². The number of ether oxygens (including phenoxy) is 3. The number of nitrogens with zero attached hydrogens (tertiary/aromatic N) is 1. The Kier molecular flexibility index (Phi) is 5.63. The van der Waals surface area contributed by atoms with Gasteiger partial charge in [0.2, 0.25) is 0 Å². The summed E-state index contributed by atoms with van der Waals surface area (Å²) in [5.74, 6) is -2.99. The van der Waals surface area contributed by atoms with Gasteiger partial charge in [-0.25, -0.2) is 18.2 Å². The molecule has 4 N–H and O–H groups in total. The number of aromatic nitrogens is 2. The summed E-state index contributed by atoms with van der Waals surface area (Å²) in [5, 5.41) is 9.16. The van der Waals surface area contributed by atoms with Gasteiger partial charge in [0.1, 0.15) is 18.8 Å². The second kappa shape index (κ2) is 8.87. The van der Waals surface area contributed by atoms with E-state index in [1.807, 2.05) is 0 Å². The molecular formula is C25H24F3N5O4. The molecule has 1 amide bonds. The van der Waals surface area contributed by atoms with Gasteiger partial charge in [-0.1, -0.05) is 6.07 Å². The van der Waals surface area contributed by atoms with Crippen LogP contribution in [0.2, 0.25) is 0 Å². The summed E-state index contributed by atoms with van der Waals surface area (Å²) in [6.07, 6.45) is 0.234. The average Bonchev–Trinajstić information content (AvgIpc) is 3.44. The number of pyridine rings is 1. The lowest BCUT2D eigenvalue weighted by Crippen LogP contribution is -2.41. The summed E-state index contributed by atoms with van der Waals surface area (Å²) < 4.78 is 58.8. The molecule has 3 aromatic rings. The predicted molar refractivity (Wildman–Crippen MR) is 129 cm³/mol. The zero-order valence-electron chi connectivity index (χ0n) is 19.8. The number of carbonyl (C=O) groups excluding carboxylic acids is 1. The van der Waals surface area contributed by atoms with Gasteiger partial charge < -0.3 is 35.1 Å². The van der Waals surface area contributed by atoms with Crippen molar-refractivity contribution in [2.45, 2.75) is 31.0 Å². The Hall–Kier alpha value is -3.93. The van der Waals surface area contributed by atoms with Gasteiger partial charge in [0.05, 0.1) is 36.3 Å². The number of amides is 1. The van der Waals surface area contributed by atoms with Crippen molar-refractivity contribution < 1.29 is 32.2 Å². The van der Waals surface area contributed by atoms with Gasteiger partial charge in [-0.15, -0.1) is 0 Å². The van der Waals surface area contributed by atoms with E-state index in [-0.39, 0.29) is 18.2 Å². The Morgan fingerprint density at radius 1 is 1.22 bits per heavy atom. The minimum atomic E-state index is -2.90. The maximum atomic E-state index is 14.4. The van der Waals surface area contributed by atoms with Crippen molar-refractivity contribution in [2.24, 2.45) is 0 Å². The largest absolute Gasteiger partial charge is 0.492 e. The molecule has 1 aromatic carbocycles. The lowest BCUT2D eigenvalue weighted by atomic mass is 10.0. The number of hydrogen-bond donors (Lipinski definition) is 4. The molecule has 37 heavy (non-hydrogen) atoms. The van der Waals surface area contributed by atoms with E-state index >= 15 is 0 Å². The topological polar surface area (TPSA) is 110 Å². The molecule has 2 atom stereocenters. The van der Waals surface area contributed by atoms with Crippen molar-refractivity contribution in [3.63, 3.8) is 0 Å². The average molecular weight is 515 g/mol. The second-order valence-electron chi connectivity index (χ2n) is 9.16. The van der Waals surface area contributed by atoms with E-state index in [9.17, 15) is 18.0 Å². The number of carbonyl (C=O) groups is 1. The van der Waals surface area contributed by atoms with E-state index in [0.29, 0.717) is 58.4 Å². The fourth-order valence-electron chi connectivity index (χ4n) is 5.02. The molecule has 0 saturated carbocycles. The monoisotopic (exact) mass is 515 g/mol. The number of nitrogens with one attached hydrogen (secondary N) is 4. The molecule has 5 heterocycles. The molecule has 1 saturated heterocycles. The molecular weight excluding hydrogens is 491 g/mol. The lowest BCUT2D eigenvalue weighted by Gasteiger charge is -2.31. The first-order chi connectivity index (χ1) is 17.8. The fourth-order valence-corrected chi connectivity index (χ4v) is 5.02. The number of anilines is 3. The molecule has 12 heteroatoms. The molecule has 1 fully saturated rings. The van der Waals surface area contributed by atoms with Gasteiger partial charge in [0, 0.05) is 36.8 Å². The summed E-state index contributed by atoms with van der Waals surface area (Å²) in [6, 6.07) is 6.15. The van der Waals surface area contributed by atoms with Crippen LogP contribution < -0.4 is 25.4 Å². The Morgan fingerprint density at radius 3 is 2.86 bits per heavy atom. The zero-order valence-corrected chi connectivity index (χ0v) is 19.8. The van der Waals surface area contributed by atoms with Crippen LogP contribution in [0.5, 0.6) is 11.5 Å². The number of rotatable bonds is 5. The van der Waals surface area contributed by atoms with Crippen molar-refractivity contribution in [1.29, 1.82) is 0 Å². The molecule has 6 rings (SSSR count). The smallest absolute Gasteiger partial charge is 0.273 e. The van der Waals surface area contributed by atoms with E-state index in [1.165, 1.54) is 19.2 Å². The van der Waals surface area contributed by atoms with Crippen molar-refractivity contribution in [3.8, 4) is 22.8 Å². The first kappa shape index (κ1) is 23.5. The number of hydrogen-bond acceptors (Lipinski definition) is 7. The highest BCUT2D eigenvalue weighted by Gasteiger charge is 2.46. The molecule has 3 aliphatic rings. The van der Waals surface area contributed by atoms with Crippen LogP contribution in [-0.4, -0.2) is 60.8 Å². The first-order valence-corrected chi connectivity index (χ1v) is 11.9. The highest BCUT2D eigenvalue weighted by atomic mass is 19.3. The first-order valence-electron chi connectivity index (χ1n) is 11.9. The van der Waals surface area contributed by atoms with Crippen molar-refractivity contribution in [3.05, 3.63) is 47.5 Å². The van der Waals surface area contributed by atoms with Crippen LogP contribution in [0.1, 0.15) is 22.5 Å². The van der Waals surface area contributed by atoms with Crippen molar-refractivity contribution >= 4 is 23.1 Å². The maximum Gasteiger partial charge on any atom is 0.273 e. The molecule has 0 unspecified atom stereocenters. The Morgan fingerprint density at radius 2 is 2.08 bits per heavy atom. The molecule has 0 spiro atoms. The third-order valence-corrected chi connectivity index (χ3v) is 6.73. The summed E-state index contributed by atoms with van der Waals surface area (Å²) in [7, 11) is 1.36. The third-order valence-electron chi connectivity index (χ3n) is 6.73. The normalized spacial score (nSPS) is 21.8. The maximum absolute atomic E-state index is 14.4. The Balaban J connectivity index is 1.44. The Labute approximate surface area is 209 Å². The molecule has 0 radical (unpaired) electrons. The molecule has 0 bridgehead atoms. The molecule has 194 valence electrons. The van der Waals surface area contributed by atoms with Gasteiger partial charge in [0.15, 0.2) is 23.1 Å². The number of H-pyrrole nitrogens is 1. The van der Waals surface area contributed by atoms with Gasteiger partial charge in [-0.05, 0) is 18.2 Å². The minimum Gasteiger partial charge on any atom is -0.492 e. The quantitative estimate of drug-likeness (QED) is 0.409. The van der Waals surface area contributed by atoms with Crippen molar-refractivity contribution in [2.75, 3.05) is 37.4 Å². The number of para-hydroxylation sites is 1. The number of halogens is 3. The Bertz CT molecular complexity index is 1380. The number of methoxy groups -OCH3 is 1. The van der Waals surface area contributed by atoms with Gasteiger partial charge in [-0.3, -0.25) is 4.79 Å². The number of fused-ring (bicyclic) bond motifs is 2. The van der Waals surface area contributed by atoms with Crippen LogP contribution in [0.15, 0.2) is 30.5 Å². The van der Waals surface area contributed by atoms with Crippen LogP contribution in [-0.2, 0) is 11.2 Å². The summed E-state index contributed by atoms with van der Waals surface area (Å²) in [5.41, 5.74) is 2.86. The van der Waals surface area contributed by atoms with E-state index in [1.54, 1.807) is 18.3 Å². The second-order valence-corrected chi connectivity index (χ2v) is 9.16. The molecule has 9 nitrogen and oxygen atoms in total. The summed E-state index contributed by atoms with van der Waals surface area (Å²) in [4.78, 5) is 20.6. The summed E-state index contributed by atoms with van der Waals surface area (Å²) >= 11 is 0. The number of benzene rings is 1. The standard InChI is InChI=1S/C25H24F3N5O4/c1-35-22-13(26)3-2-4-15(22)33-20-18-14(6-8-30-24(18)34)32-19(20)12-5-7-29-23-21(12)37-17(10-31-23)16-9-25(27,28)11-36-16/h2-5,7,16-17,32-33H,6,8-11H2,1H3,(H,29,31)(H,30,34)/t16-,17-/m0/s1. The number of aromatic amines is 1. The van der Waals surface area contributed by atoms with Gasteiger partial charge >= 0.3 is 0 Å². The highest BCUT2D eigenvalue weighted by Crippen LogP contribution is 2.45.